The van der Waals surface area contributed by atoms with Gasteiger partial charge in [-0.2, -0.15) is 0 Å². The third-order valence-corrected chi connectivity index (χ3v) is 3.19. The van der Waals surface area contributed by atoms with E-state index in [0.29, 0.717) is 0 Å². The molecule has 0 aromatic carbocycles. The quantitative estimate of drug-likeness (QED) is 0.231. The van der Waals surface area contributed by atoms with Crippen LogP contribution in [0.2, 0.25) is 0 Å². The van der Waals surface area contributed by atoms with Gasteiger partial charge in [0, 0.05) is 5.92 Å². The zero-order valence-corrected chi connectivity index (χ0v) is 8.90. The van der Waals surface area contributed by atoms with Crippen LogP contribution in [-0.2, 0) is 0 Å². The molecule has 8 N–H and O–H groups in total. The molecular formula is C9H18O8. The highest BCUT2D eigenvalue weighted by Crippen LogP contribution is 2.25. The molecule has 0 saturated heterocycles. The molecule has 0 aromatic rings. The summed E-state index contributed by atoms with van der Waals surface area (Å²) in [6, 6.07) is 0. The van der Waals surface area contributed by atoms with Crippen molar-refractivity contribution >= 4 is 0 Å². The van der Waals surface area contributed by atoms with E-state index in [-0.39, 0.29) is 0 Å². The molecule has 17 heavy (non-hydrogen) atoms. The second kappa shape index (κ2) is 5.55. The van der Waals surface area contributed by atoms with Crippen molar-refractivity contribution in [2.75, 3.05) is 6.61 Å². The maximum atomic E-state index is 9.57. The van der Waals surface area contributed by atoms with Crippen molar-refractivity contribution in [3.05, 3.63) is 0 Å². The van der Waals surface area contributed by atoms with Gasteiger partial charge >= 0.3 is 0 Å². The molecule has 8 atom stereocenters. The monoisotopic (exact) mass is 254 g/mol. The van der Waals surface area contributed by atoms with Crippen LogP contribution in [0.15, 0.2) is 0 Å². The van der Waals surface area contributed by atoms with Crippen LogP contribution in [0.1, 0.15) is 0 Å². The number of aliphatic hydroxyl groups is 8. The van der Waals surface area contributed by atoms with E-state index in [2.05, 4.69) is 0 Å². The molecular weight excluding hydrogens is 236 g/mol. The first-order valence-electron chi connectivity index (χ1n) is 5.20. The van der Waals surface area contributed by atoms with E-state index in [4.69, 9.17) is 5.11 Å². The van der Waals surface area contributed by atoms with E-state index < -0.39 is 55.3 Å². The lowest BCUT2D eigenvalue weighted by atomic mass is 9.80. The Balaban J connectivity index is 3.02. The van der Waals surface area contributed by atoms with Crippen LogP contribution in [0, 0.1) is 5.92 Å². The largest absolute Gasteiger partial charge is 0.396 e. The molecule has 0 aliphatic heterocycles. The van der Waals surface area contributed by atoms with Gasteiger partial charge in [0.05, 0.1) is 18.8 Å². The molecule has 1 aliphatic rings. The van der Waals surface area contributed by atoms with Gasteiger partial charge in [-0.1, -0.05) is 0 Å². The Morgan fingerprint density at radius 3 is 0.941 bits per heavy atom. The molecule has 0 heterocycles. The Morgan fingerprint density at radius 2 is 0.706 bits per heavy atom. The predicted molar refractivity (Wildman–Crippen MR) is 52.6 cm³/mol. The highest BCUT2D eigenvalue weighted by Gasteiger charge is 2.47. The van der Waals surface area contributed by atoms with Crippen LogP contribution < -0.4 is 0 Å². The van der Waals surface area contributed by atoms with Crippen LogP contribution in [0.5, 0.6) is 0 Å². The zero-order valence-electron chi connectivity index (χ0n) is 8.90. The Kier molecular flexibility index (Phi) is 4.81. The Hall–Kier alpha value is -0.320. The van der Waals surface area contributed by atoms with Crippen molar-refractivity contribution in [1.29, 1.82) is 0 Å². The minimum atomic E-state index is -1.93. The molecule has 0 aromatic heterocycles. The van der Waals surface area contributed by atoms with Gasteiger partial charge < -0.3 is 40.9 Å². The molecule has 1 fully saturated rings. The molecule has 8 heteroatoms. The highest BCUT2D eigenvalue weighted by atomic mass is 16.4. The summed E-state index contributed by atoms with van der Waals surface area (Å²) in [4.78, 5) is 0. The summed E-state index contributed by atoms with van der Waals surface area (Å²) in [6.45, 7) is -0.772. The Bertz CT molecular complexity index is 227. The van der Waals surface area contributed by atoms with Gasteiger partial charge in [-0.15, -0.1) is 0 Å². The third kappa shape index (κ3) is 2.59. The van der Waals surface area contributed by atoms with Gasteiger partial charge in [0.2, 0.25) is 0 Å². The minimum absolute atomic E-state index is 0.772. The van der Waals surface area contributed by atoms with Gasteiger partial charge in [-0.25, -0.2) is 0 Å². The molecule has 0 spiro atoms. The van der Waals surface area contributed by atoms with Crippen molar-refractivity contribution in [2.45, 2.75) is 42.7 Å². The lowest BCUT2D eigenvalue weighted by Crippen LogP contribution is -2.62. The van der Waals surface area contributed by atoms with Crippen LogP contribution in [-0.4, -0.2) is 90.2 Å². The third-order valence-electron chi connectivity index (χ3n) is 3.19. The first-order chi connectivity index (χ1) is 7.82. The van der Waals surface area contributed by atoms with Crippen molar-refractivity contribution in [1.82, 2.24) is 0 Å². The fraction of sp³-hybridized carbons (Fsp3) is 1.00. The van der Waals surface area contributed by atoms with E-state index in [9.17, 15) is 35.7 Å². The topological polar surface area (TPSA) is 162 Å². The summed E-state index contributed by atoms with van der Waals surface area (Å²) in [5, 5.41) is 75.2. The van der Waals surface area contributed by atoms with E-state index in [1.54, 1.807) is 0 Å². The molecule has 1 rings (SSSR count). The predicted octanol–water partition coefficient (Wildman–Crippen LogP) is -4.87. The second-order valence-electron chi connectivity index (χ2n) is 4.28. The number of hydrogen-bond acceptors (Lipinski definition) is 8. The molecule has 2 unspecified atom stereocenters. The van der Waals surface area contributed by atoms with Gasteiger partial charge in [0.25, 0.3) is 0 Å². The molecule has 0 bridgehead atoms. The fourth-order valence-electron chi connectivity index (χ4n) is 1.93. The summed E-state index contributed by atoms with van der Waals surface area (Å²) in [5.74, 6) is -1.35. The molecule has 0 amide bonds. The van der Waals surface area contributed by atoms with E-state index >= 15 is 0 Å². The second-order valence-corrected chi connectivity index (χ2v) is 4.28. The Labute approximate surface area is 97.0 Å². The van der Waals surface area contributed by atoms with Crippen molar-refractivity contribution in [3.63, 3.8) is 0 Å². The van der Waals surface area contributed by atoms with Crippen LogP contribution >= 0.6 is 0 Å². The number of hydrogen-bond donors (Lipinski definition) is 8. The van der Waals surface area contributed by atoms with E-state index in [0.717, 1.165) is 0 Å². The first kappa shape index (κ1) is 14.7. The lowest BCUT2D eigenvalue weighted by Gasteiger charge is -2.40. The van der Waals surface area contributed by atoms with Gasteiger partial charge in [-0.05, 0) is 0 Å². The summed E-state index contributed by atoms with van der Waals surface area (Å²) in [6.07, 6.45) is -13.0. The summed E-state index contributed by atoms with van der Waals surface area (Å²) in [5.41, 5.74) is 0. The van der Waals surface area contributed by atoms with Crippen LogP contribution in [0.4, 0.5) is 0 Å². The van der Waals surface area contributed by atoms with Crippen molar-refractivity contribution in [2.24, 2.45) is 5.92 Å². The van der Waals surface area contributed by atoms with Crippen molar-refractivity contribution < 1.29 is 40.9 Å². The molecule has 102 valence electrons. The average molecular weight is 254 g/mol. The van der Waals surface area contributed by atoms with E-state index in [1.165, 1.54) is 0 Å². The maximum absolute atomic E-state index is 9.57. The molecule has 8 nitrogen and oxygen atoms in total. The van der Waals surface area contributed by atoms with Gasteiger partial charge in [0.15, 0.2) is 0 Å². The SMILES string of the molecule is OCC1[C@@H](O)[C@@H](O)[C@@H](O)C(O)[C@H](O)[C@@H](O)[C@@H]1O. The standard InChI is InChI=1S/C9H18O8/c10-1-2-3(11)5(13)7(15)9(17)8(16)6(14)4(2)12/h2-17H,1H2/t2?,3-,4-,5-,6+,7-,8-,9?/m1/s1. The first-order valence-corrected chi connectivity index (χ1v) is 5.20. The van der Waals surface area contributed by atoms with E-state index in [1.807, 2.05) is 0 Å². The van der Waals surface area contributed by atoms with Crippen molar-refractivity contribution in [3.8, 4) is 0 Å². The smallest absolute Gasteiger partial charge is 0.111 e. The fourth-order valence-corrected chi connectivity index (χ4v) is 1.93. The van der Waals surface area contributed by atoms with Gasteiger partial charge in [-0.3, -0.25) is 0 Å². The highest BCUT2D eigenvalue weighted by molar-refractivity contribution is 4.98. The summed E-state index contributed by atoms with van der Waals surface area (Å²) in [7, 11) is 0. The Morgan fingerprint density at radius 1 is 0.471 bits per heavy atom. The zero-order chi connectivity index (χ0) is 13.3. The molecule has 1 aliphatic carbocycles. The van der Waals surface area contributed by atoms with Crippen LogP contribution in [0.25, 0.3) is 0 Å². The minimum Gasteiger partial charge on any atom is -0.396 e. The summed E-state index contributed by atoms with van der Waals surface area (Å²) < 4.78 is 0. The van der Waals surface area contributed by atoms with Gasteiger partial charge in [0.1, 0.15) is 30.5 Å². The lowest BCUT2D eigenvalue weighted by molar-refractivity contribution is -0.213. The number of rotatable bonds is 1. The normalized spacial score (nSPS) is 52.9. The number of aliphatic hydroxyl groups excluding tert-OH is 8. The molecule has 0 radical (unpaired) electrons. The summed E-state index contributed by atoms with van der Waals surface area (Å²) >= 11 is 0. The van der Waals surface area contributed by atoms with Crippen LogP contribution in [0.3, 0.4) is 0 Å². The average Bonchev–Trinajstić information content (AvgIpc) is 2.33. The maximum Gasteiger partial charge on any atom is 0.111 e. The molecule has 1 saturated carbocycles.